The van der Waals surface area contributed by atoms with Gasteiger partial charge in [-0.2, -0.15) is 0 Å². The number of amides is 2. The standard InChI is InChI=1S/C22H26IN3O2/c23-18-7-3-8-19(16-18)26-10-4-9-20(26)22(28)25-13-11-24(12-14-25)21(27)15-17-5-1-2-6-17/h3-4,7-10,16-17H,1-2,5-6,11-15H2. The largest absolute Gasteiger partial charge is 0.339 e. The lowest BCUT2D eigenvalue weighted by Gasteiger charge is -2.35. The Bertz CT molecular complexity index is 849. The predicted molar refractivity (Wildman–Crippen MR) is 118 cm³/mol. The number of aromatic nitrogens is 1. The van der Waals surface area contributed by atoms with Gasteiger partial charge in [-0.15, -0.1) is 0 Å². The van der Waals surface area contributed by atoms with Crippen molar-refractivity contribution in [3.8, 4) is 5.69 Å². The highest BCUT2D eigenvalue weighted by Gasteiger charge is 2.28. The van der Waals surface area contributed by atoms with E-state index in [9.17, 15) is 9.59 Å². The van der Waals surface area contributed by atoms with Crippen LogP contribution in [0.25, 0.3) is 5.69 Å². The zero-order chi connectivity index (χ0) is 19.5. The lowest BCUT2D eigenvalue weighted by Crippen LogP contribution is -2.51. The van der Waals surface area contributed by atoms with Crippen molar-refractivity contribution >= 4 is 34.4 Å². The molecule has 2 aliphatic rings. The van der Waals surface area contributed by atoms with Crippen molar-refractivity contribution in [3.05, 3.63) is 51.9 Å². The van der Waals surface area contributed by atoms with E-state index < -0.39 is 0 Å². The Balaban J connectivity index is 1.38. The van der Waals surface area contributed by atoms with Crippen LogP contribution in [-0.4, -0.2) is 52.4 Å². The van der Waals surface area contributed by atoms with E-state index in [4.69, 9.17) is 0 Å². The van der Waals surface area contributed by atoms with Crippen LogP contribution in [0.15, 0.2) is 42.6 Å². The lowest BCUT2D eigenvalue weighted by atomic mass is 10.0. The number of piperazine rings is 1. The highest BCUT2D eigenvalue weighted by Crippen LogP contribution is 2.28. The molecule has 2 aromatic rings. The first-order valence-electron chi connectivity index (χ1n) is 10.1. The van der Waals surface area contributed by atoms with Crippen LogP contribution in [0.5, 0.6) is 0 Å². The molecular formula is C22H26IN3O2. The van der Waals surface area contributed by atoms with Gasteiger partial charge in [-0.3, -0.25) is 9.59 Å². The van der Waals surface area contributed by atoms with Gasteiger partial charge in [0.25, 0.3) is 5.91 Å². The van der Waals surface area contributed by atoms with Crippen molar-refractivity contribution in [3.63, 3.8) is 0 Å². The summed E-state index contributed by atoms with van der Waals surface area (Å²) in [7, 11) is 0. The molecule has 1 saturated carbocycles. The molecule has 0 N–H and O–H groups in total. The van der Waals surface area contributed by atoms with E-state index in [0.717, 1.165) is 9.26 Å². The summed E-state index contributed by atoms with van der Waals surface area (Å²) >= 11 is 2.28. The van der Waals surface area contributed by atoms with Crippen LogP contribution in [0.1, 0.15) is 42.6 Å². The molecule has 0 spiro atoms. The van der Waals surface area contributed by atoms with Gasteiger partial charge < -0.3 is 14.4 Å². The first kappa shape index (κ1) is 19.5. The third-order valence-corrected chi connectivity index (χ3v) is 6.58. The molecule has 1 aromatic carbocycles. The van der Waals surface area contributed by atoms with E-state index >= 15 is 0 Å². The molecule has 1 aliphatic carbocycles. The Morgan fingerprint density at radius 3 is 2.39 bits per heavy atom. The van der Waals surface area contributed by atoms with Gasteiger partial charge in [-0.25, -0.2) is 0 Å². The molecule has 1 aliphatic heterocycles. The Morgan fingerprint density at radius 1 is 0.964 bits per heavy atom. The average molecular weight is 491 g/mol. The van der Waals surface area contributed by atoms with Crippen LogP contribution in [0.3, 0.4) is 0 Å². The van der Waals surface area contributed by atoms with Gasteiger partial charge >= 0.3 is 0 Å². The molecule has 0 unspecified atom stereocenters. The van der Waals surface area contributed by atoms with Gasteiger partial charge in [0, 0.05) is 48.1 Å². The second-order valence-corrected chi connectivity index (χ2v) is 9.02. The number of carbonyl (C=O) groups excluding carboxylic acids is 2. The summed E-state index contributed by atoms with van der Waals surface area (Å²) in [5, 5.41) is 0. The zero-order valence-electron chi connectivity index (χ0n) is 16.0. The van der Waals surface area contributed by atoms with Crippen LogP contribution >= 0.6 is 22.6 Å². The number of nitrogens with zero attached hydrogens (tertiary/aromatic N) is 3. The van der Waals surface area contributed by atoms with Crippen molar-refractivity contribution < 1.29 is 9.59 Å². The minimum atomic E-state index is 0.0340. The van der Waals surface area contributed by atoms with E-state index in [-0.39, 0.29) is 11.8 Å². The molecule has 1 saturated heterocycles. The molecule has 2 fully saturated rings. The SMILES string of the molecule is O=C(CC1CCCC1)N1CCN(C(=O)c2cccn2-c2cccc(I)c2)CC1. The van der Waals surface area contributed by atoms with Crippen molar-refractivity contribution in [1.29, 1.82) is 0 Å². The average Bonchev–Trinajstić information content (AvgIpc) is 3.39. The zero-order valence-corrected chi connectivity index (χ0v) is 18.2. The molecule has 0 atom stereocenters. The summed E-state index contributed by atoms with van der Waals surface area (Å²) in [5.41, 5.74) is 1.67. The van der Waals surface area contributed by atoms with Gasteiger partial charge in [0.05, 0.1) is 0 Å². The molecule has 2 amide bonds. The fourth-order valence-electron chi connectivity index (χ4n) is 4.32. The Labute approximate surface area is 179 Å². The van der Waals surface area contributed by atoms with Crippen LogP contribution in [0.2, 0.25) is 0 Å². The molecule has 5 nitrogen and oxygen atoms in total. The van der Waals surface area contributed by atoms with Crippen molar-refractivity contribution in [2.24, 2.45) is 5.92 Å². The van der Waals surface area contributed by atoms with E-state index in [1.807, 2.05) is 50.9 Å². The van der Waals surface area contributed by atoms with Gasteiger partial charge in [0.2, 0.25) is 5.91 Å². The summed E-state index contributed by atoms with van der Waals surface area (Å²) in [6.07, 6.45) is 7.53. The first-order chi connectivity index (χ1) is 13.6. The van der Waals surface area contributed by atoms with Crippen LogP contribution < -0.4 is 0 Å². The van der Waals surface area contributed by atoms with Gasteiger partial charge in [-0.05, 0) is 71.7 Å². The van der Waals surface area contributed by atoms with Crippen molar-refractivity contribution in [1.82, 2.24) is 14.4 Å². The minimum Gasteiger partial charge on any atom is -0.339 e. The summed E-state index contributed by atoms with van der Waals surface area (Å²) in [5.74, 6) is 0.872. The summed E-state index contributed by atoms with van der Waals surface area (Å²) in [6, 6.07) is 11.9. The number of hydrogen-bond donors (Lipinski definition) is 0. The summed E-state index contributed by atoms with van der Waals surface area (Å²) < 4.78 is 3.08. The van der Waals surface area contributed by atoms with Gasteiger partial charge in [0.15, 0.2) is 0 Å². The predicted octanol–water partition coefficient (Wildman–Crippen LogP) is 3.95. The smallest absolute Gasteiger partial charge is 0.270 e. The monoisotopic (exact) mass is 491 g/mol. The maximum Gasteiger partial charge on any atom is 0.270 e. The van der Waals surface area contributed by atoms with Crippen LogP contribution in [0, 0.1) is 9.49 Å². The fraction of sp³-hybridized carbons (Fsp3) is 0.455. The molecular weight excluding hydrogens is 465 g/mol. The fourth-order valence-corrected chi connectivity index (χ4v) is 4.84. The van der Waals surface area contributed by atoms with E-state index in [1.54, 1.807) is 0 Å². The van der Waals surface area contributed by atoms with E-state index in [0.29, 0.717) is 44.2 Å². The normalized spacial score (nSPS) is 17.9. The second kappa shape index (κ2) is 8.68. The molecule has 2 heterocycles. The molecule has 1 aromatic heterocycles. The van der Waals surface area contributed by atoms with Crippen LogP contribution in [0.4, 0.5) is 0 Å². The van der Waals surface area contributed by atoms with Gasteiger partial charge in [-0.1, -0.05) is 18.9 Å². The number of rotatable bonds is 4. The molecule has 6 heteroatoms. The van der Waals surface area contributed by atoms with Gasteiger partial charge in [0.1, 0.15) is 5.69 Å². The Morgan fingerprint density at radius 2 is 1.68 bits per heavy atom. The van der Waals surface area contributed by atoms with Crippen molar-refractivity contribution in [2.45, 2.75) is 32.1 Å². The number of halogens is 1. The molecule has 148 valence electrons. The maximum absolute atomic E-state index is 13.1. The number of benzene rings is 1. The second-order valence-electron chi connectivity index (χ2n) is 7.77. The highest BCUT2D eigenvalue weighted by molar-refractivity contribution is 14.1. The Kier molecular flexibility index (Phi) is 6.04. The number of hydrogen-bond acceptors (Lipinski definition) is 2. The summed E-state index contributed by atoms with van der Waals surface area (Å²) in [4.78, 5) is 29.5. The quantitative estimate of drug-likeness (QED) is 0.609. The Hall–Kier alpha value is -1.83. The lowest BCUT2D eigenvalue weighted by molar-refractivity contribution is -0.133. The molecule has 0 radical (unpaired) electrons. The maximum atomic E-state index is 13.1. The third kappa shape index (κ3) is 4.26. The van der Waals surface area contributed by atoms with E-state index in [2.05, 4.69) is 28.7 Å². The van der Waals surface area contributed by atoms with Crippen LogP contribution in [-0.2, 0) is 4.79 Å². The summed E-state index contributed by atoms with van der Waals surface area (Å²) in [6.45, 7) is 2.49. The van der Waals surface area contributed by atoms with E-state index in [1.165, 1.54) is 25.7 Å². The first-order valence-corrected chi connectivity index (χ1v) is 11.2. The molecule has 28 heavy (non-hydrogen) atoms. The number of carbonyl (C=O) groups is 2. The third-order valence-electron chi connectivity index (χ3n) is 5.91. The van der Waals surface area contributed by atoms with Crippen molar-refractivity contribution in [2.75, 3.05) is 26.2 Å². The highest BCUT2D eigenvalue weighted by atomic mass is 127. The topological polar surface area (TPSA) is 45.6 Å². The minimum absolute atomic E-state index is 0.0340. The molecule has 4 rings (SSSR count). The molecule has 0 bridgehead atoms.